The summed E-state index contributed by atoms with van der Waals surface area (Å²) in [5, 5.41) is 18.5. The number of Topliss-reactive ketones (excluding diaryl/α,β-unsaturated/α-hetero) is 2. The van der Waals surface area contributed by atoms with Gasteiger partial charge < -0.3 is 10.2 Å². The molecule has 0 aromatic heterocycles. The fourth-order valence-electron chi connectivity index (χ4n) is 3.04. The predicted molar refractivity (Wildman–Crippen MR) is 96.1 cm³/mol. The normalized spacial score (nSPS) is 22.3. The third-order valence-corrected chi connectivity index (χ3v) is 4.53. The van der Waals surface area contributed by atoms with Gasteiger partial charge in [-0.05, 0) is 25.7 Å². The maximum absolute atomic E-state index is 12.0. The zero-order valence-corrected chi connectivity index (χ0v) is 15.0. The molecule has 1 rings (SSSR count). The van der Waals surface area contributed by atoms with Crippen molar-refractivity contribution >= 4 is 17.5 Å². The predicted octanol–water partition coefficient (Wildman–Crippen LogP) is 3.46. The van der Waals surface area contributed by atoms with E-state index in [1.165, 1.54) is 0 Å². The number of allylic oxidation sites excluding steroid dienone is 3. The first-order chi connectivity index (χ1) is 12.0. The molecule has 0 aliphatic heterocycles. The first-order valence-corrected chi connectivity index (χ1v) is 9.24. The van der Waals surface area contributed by atoms with Crippen molar-refractivity contribution in [1.82, 2.24) is 0 Å². The van der Waals surface area contributed by atoms with Crippen LogP contribution in [0.25, 0.3) is 0 Å². The first kappa shape index (κ1) is 21.3. The van der Waals surface area contributed by atoms with Gasteiger partial charge in [-0.3, -0.25) is 14.4 Å². The number of aliphatic hydroxyl groups is 1. The standard InChI is InChI=1S/C20H30O5/c1-2-3-6-9-15(21)12-13-17-16(18(22)14-19(17)23)10-7-4-5-8-11-20(24)25/h4,7,12-13,15-17,21H,2-3,5-6,8-11,14H2,1H3,(H,24,25). The number of aliphatic hydroxyl groups excluding tert-OH is 1. The van der Waals surface area contributed by atoms with Crippen LogP contribution in [0.5, 0.6) is 0 Å². The average Bonchev–Trinajstić information content (AvgIpc) is 2.82. The van der Waals surface area contributed by atoms with Crippen LogP contribution in [-0.2, 0) is 14.4 Å². The van der Waals surface area contributed by atoms with Crippen LogP contribution >= 0.6 is 0 Å². The molecule has 0 heterocycles. The molecule has 1 fully saturated rings. The summed E-state index contributed by atoms with van der Waals surface area (Å²) < 4.78 is 0. The Labute approximate surface area is 149 Å². The van der Waals surface area contributed by atoms with Crippen molar-refractivity contribution in [3.05, 3.63) is 24.3 Å². The lowest BCUT2D eigenvalue weighted by Gasteiger charge is -2.12. The van der Waals surface area contributed by atoms with E-state index in [2.05, 4.69) is 6.92 Å². The van der Waals surface area contributed by atoms with Gasteiger partial charge >= 0.3 is 5.97 Å². The third kappa shape index (κ3) is 8.25. The number of carboxylic acid groups (broad SMARTS) is 1. The molecule has 2 N–H and O–H groups in total. The summed E-state index contributed by atoms with van der Waals surface area (Å²) in [5.74, 6) is -1.74. The van der Waals surface area contributed by atoms with Crippen molar-refractivity contribution in [2.45, 2.75) is 70.8 Å². The van der Waals surface area contributed by atoms with Crippen molar-refractivity contribution in [3.8, 4) is 0 Å². The smallest absolute Gasteiger partial charge is 0.303 e. The molecular weight excluding hydrogens is 320 g/mol. The van der Waals surface area contributed by atoms with E-state index in [0.29, 0.717) is 25.7 Å². The quantitative estimate of drug-likeness (QED) is 0.319. The molecule has 0 bridgehead atoms. The summed E-state index contributed by atoms with van der Waals surface area (Å²) >= 11 is 0. The Morgan fingerprint density at radius 1 is 1.20 bits per heavy atom. The molecule has 3 unspecified atom stereocenters. The number of aliphatic carboxylic acids is 1. The largest absolute Gasteiger partial charge is 0.481 e. The molecule has 0 saturated heterocycles. The zero-order valence-electron chi connectivity index (χ0n) is 15.0. The number of hydrogen-bond acceptors (Lipinski definition) is 4. The molecule has 0 spiro atoms. The average molecular weight is 350 g/mol. The lowest BCUT2D eigenvalue weighted by Crippen LogP contribution is -2.16. The van der Waals surface area contributed by atoms with Gasteiger partial charge in [-0.2, -0.15) is 0 Å². The van der Waals surface area contributed by atoms with E-state index >= 15 is 0 Å². The van der Waals surface area contributed by atoms with E-state index in [1.54, 1.807) is 12.2 Å². The van der Waals surface area contributed by atoms with Crippen molar-refractivity contribution in [1.29, 1.82) is 0 Å². The van der Waals surface area contributed by atoms with Gasteiger partial charge in [-0.1, -0.05) is 50.5 Å². The van der Waals surface area contributed by atoms with Crippen molar-refractivity contribution < 1.29 is 24.6 Å². The first-order valence-electron chi connectivity index (χ1n) is 9.24. The summed E-state index contributed by atoms with van der Waals surface area (Å²) in [6.07, 6.45) is 12.1. The highest BCUT2D eigenvalue weighted by atomic mass is 16.4. The van der Waals surface area contributed by atoms with E-state index in [1.807, 2.05) is 12.2 Å². The molecule has 3 atom stereocenters. The van der Waals surface area contributed by atoms with Crippen molar-refractivity contribution in [3.63, 3.8) is 0 Å². The highest BCUT2D eigenvalue weighted by Gasteiger charge is 2.38. The molecule has 5 nitrogen and oxygen atoms in total. The van der Waals surface area contributed by atoms with Crippen LogP contribution in [0.3, 0.4) is 0 Å². The Balaban J connectivity index is 2.49. The second-order valence-corrected chi connectivity index (χ2v) is 6.68. The molecule has 1 saturated carbocycles. The molecule has 1 aliphatic carbocycles. The fourth-order valence-corrected chi connectivity index (χ4v) is 3.04. The maximum Gasteiger partial charge on any atom is 0.303 e. The summed E-state index contributed by atoms with van der Waals surface area (Å²) in [6.45, 7) is 2.10. The monoisotopic (exact) mass is 350 g/mol. The molecule has 140 valence electrons. The number of rotatable bonds is 12. The maximum atomic E-state index is 12.0. The summed E-state index contributed by atoms with van der Waals surface area (Å²) in [6, 6.07) is 0. The van der Waals surface area contributed by atoms with Crippen LogP contribution in [0.1, 0.15) is 64.7 Å². The minimum absolute atomic E-state index is 0.0293. The summed E-state index contributed by atoms with van der Waals surface area (Å²) in [7, 11) is 0. The van der Waals surface area contributed by atoms with Crippen LogP contribution in [0.2, 0.25) is 0 Å². The van der Waals surface area contributed by atoms with E-state index in [4.69, 9.17) is 5.11 Å². The highest BCUT2D eigenvalue weighted by molar-refractivity contribution is 6.09. The van der Waals surface area contributed by atoms with E-state index in [9.17, 15) is 19.5 Å². The summed E-state index contributed by atoms with van der Waals surface area (Å²) in [4.78, 5) is 34.5. The van der Waals surface area contributed by atoms with Gasteiger partial charge in [0, 0.05) is 18.3 Å². The lowest BCUT2D eigenvalue weighted by atomic mass is 9.90. The summed E-state index contributed by atoms with van der Waals surface area (Å²) in [5.41, 5.74) is 0. The molecule has 25 heavy (non-hydrogen) atoms. The number of unbranched alkanes of at least 4 members (excludes halogenated alkanes) is 3. The second-order valence-electron chi connectivity index (χ2n) is 6.68. The van der Waals surface area contributed by atoms with Crippen molar-refractivity contribution in [2.24, 2.45) is 11.8 Å². The van der Waals surface area contributed by atoms with Gasteiger partial charge in [0.15, 0.2) is 0 Å². The van der Waals surface area contributed by atoms with Gasteiger partial charge in [-0.25, -0.2) is 0 Å². The van der Waals surface area contributed by atoms with Crippen LogP contribution < -0.4 is 0 Å². The molecule has 5 heteroatoms. The minimum Gasteiger partial charge on any atom is -0.481 e. The molecule has 0 radical (unpaired) electrons. The van der Waals surface area contributed by atoms with Crippen molar-refractivity contribution in [2.75, 3.05) is 0 Å². The van der Waals surface area contributed by atoms with Crippen LogP contribution in [-0.4, -0.2) is 33.9 Å². The van der Waals surface area contributed by atoms with Crippen LogP contribution in [0, 0.1) is 11.8 Å². The van der Waals surface area contributed by atoms with Gasteiger partial charge in [0.1, 0.15) is 11.6 Å². The molecule has 0 aromatic carbocycles. The van der Waals surface area contributed by atoms with Gasteiger partial charge in [0.25, 0.3) is 0 Å². The third-order valence-electron chi connectivity index (χ3n) is 4.53. The van der Waals surface area contributed by atoms with E-state index in [-0.39, 0.29) is 30.3 Å². The SMILES string of the molecule is CCCCCC(O)C=CC1C(=O)CC(=O)C1CC=CCCCC(=O)O. The number of ketones is 2. The zero-order chi connectivity index (χ0) is 18.7. The highest BCUT2D eigenvalue weighted by Crippen LogP contribution is 2.30. The Kier molecular flexibility index (Phi) is 10.0. The van der Waals surface area contributed by atoms with Gasteiger partial charge in [-0.15, -0.1) is 0 Å². The Hall–Kier alpha value is -1.75. The fraction of sp³-hybridized carbons (Fsp3) is 0.650. The van der Waals surface area contributed by atoms with Crippen LogP contribution in [0.15, 0.2) is 24.3 Å². The molecule has 0 amide bonds. The topological polar surface area (TPSA) is 91.7 Å². The molecule has 0 aromatic rings. The Morgan fingerprint density at radius 3 is 2.64 bits per heavy atom. The lowest BCUT2D eigenvalue weighted by molar-refractivity contribution is -0.137. The number of carbonyl (C=O) groups excluding carboxylic acids is 2. The molecular formula is C20H30O5. The van der Waals surface area contributed by atoms with Crippen LogP contribution in [0.4, 0.5) is 0 Å². The number of carbonyl (C=O) groups is 3. The van der Waals surface area contributed by atoms with Gasteiger partial charge in [0.05, 0.1) is 12.5 Å². The number of hydrogen-bond donors (Lipinski definition) is 2. The molecule has 1 aliphatic rings. The van der Waals surface area contributed by atoms with Gasteiger partial charge in [0.2, 0.25) is 0 Å². The van der Waals surface area contributed by atoms with E-state index < -0.39 is 18.0 Å². The Morgan fingerprint density at radius 2 is 1.96 bits per heavy atom. The second kappa shape index (κ2) is 11.7. The van der Waals surface area contributed by atoms with E-state index in [0.717, 1.165) is 19.3 Å². The Bertz CT molecular complexity index is 506. The minimum atomic E-state index is -0.812. The number of carboxylic acids is 1.